The minimum Gasteiger partial charge on any atom is -0.508 e. The number of hydrogen-bond donors (Lipinski definition) is 1. The summed E-state index contributed by atoms with van der Waals surface area (Å²) in [5.74, 6) is 0.442. The first-order valence-electron chi connectivity index (χ1n) is 8.08. The Hall–Kier alpha value is -1.02. The van der Waals surface area contributed by atoms with E-state index < -0.39 is 0 Å². The Morgan fingerprint density at radius 2 is 1.50 bits per heavy atom. The van der Waals surface area contributed by atoms with Crippen LogP contribution in [0.1, 0.15) is 64.4 Å². The largest absolute Gasteiger partial charge is 0.508 e. The smallest absolute Gasteiger partial charge is 0.118 e. The Morgan fingerprint density at radius 1 is 0.900 bits per heavy atom. The van der Waals surface area contributed by atoms with E-state index in [-0.39, 0.29) is 0 Å². The van der Waals surface area contributed by atoms with Gasteiger partial charge < -0.3 is 9.84 Å². The van der Waals surface area contributed by atoms with E-state index in [0.29, 0.717) is 11.9 Å². The van der Waals surface area contributed by atoms with Crippen molar-refractivity contribution in [2.75, 3.05) is 6.61 Å². The van der Waals surface area contributed by atoms with Crippen molar-refractivity contribution in [3.05, 3.63) is 29.8 Å². The lowest BCUT2D eigenvalue weighted by Gasteiger charge is -2.07. The first kappa shape index (κ1) is 17.0. The first-order chi connectivity index (χ1) is 9.70. The van der Waals surface area contributed by atoms with Gasteiger partial charge in [0.1, 0.15) is 5.75 Å². The molecule has 0 amide bonds. The van der Waals surface area contributed by atoms with Gasteiger partial charge >= 0.3 is 0 Å². The lowest BCUT2D eigenvalue weighted by Crippen LogP contribution is -2.03. The van der Waals surface area contributed by atoms with Crippen LogP contribution in [0.5, 0.6) is 5.75 Å². The highest BCUT2D eigenvalue weighted by atomic mass is 16.5. The molecule has 1 N–H and O–H groups in total. The van der Waals surface area contributed by atoms with E-state index in [1.165, 1.54) is 44.9 Å². The maximum atomic E-state index is 9.66. The van der Waals surface area contributed by atoms with E-state index in [2.05, 4.69) is 13.8 Å². The Kier molecular flexibility index (Phi) is 9.14. The van der Waals surface area contributed by atoms with Crippen molar-refractivity contribution >= 4 is 0 Å². The number of aromatic hydroxyl groups is 1. The lowest BCUT2D eigenvalue weighted by atomic mass is 10.0. The van der Waals surface area contributed by atoms with Gasteiger partial charge in [-0.25, -0.2) is 0 Å². The number of unbranched alkanes of at least 4 members (excludes halogenated alkanes) is 6. The van der Waals surface area contributed by atoms with Gasteiger partial charge in [0, 0.05) is 6.61 Å². The van der Waals surface area contributed by atoms with Crippen LogP contribution in [0, 0.1) is 0 Å². The number of phenols is 1. The second-order valence-corrected chi connectivity index (χ2v) is 5.77. The number of ether oxygens (including phenoxy) is 1. The van der Waals surface area contributed by atoms with Gasteiger partial charge in [-0.3, -0.25) is 0 Å². The summed E-state index contributed by atoms with van der Waals surface area (Å²) in [4.78, 5) is 0. The van der Waals surface area contributed by atoms with Crippen molar-refractivity contribution in [2.24, 2.45) is 0 Å². The molecule has 0 bridgehead atoms. The number of hydrogen-bond acceptors (Lipinski definition) is 2. The van der Waals surface area contributed by atoms with Crippen molar-refractivity contribution in [2.45, 2.75) is 71.3 Å². The van der Waals surface area contributed by atoms with Crippen molar-refractivity contribution < 1.29 is 9.84 Å². The Morgan fingerprint density at radius 3 is 2.15 bits per heavy atom. The maximum absolute atomic E-state index is 9.66. The van der Waals surface area contributed by atoms with E-state index in [9.17, 15) is 5.11 Å². The van der Waals surface area contributed by atoms with Gasteiger partial charge in [-0.1, -0.05) is 50.3 Å². The normalized spacial score (nSPS) is 11.2. The molecule has 0 unspecified atom stereocenters. The average Bonchev–Trinajstić information content (AvgIpc) is 2.42. The number of phenolic OH excluding ortho intramolecular Hbond substituents is 1. The molecule has 0 radical (unpaired) electrons. The van der Waals surface area contributed by atoms with Gasteiger partial charge in [0.2, 0.25) is 0 Å². The molecule has 0 saturated heterocycles. The fourth-order valence-electron chi connectivity index (χ4n) is 2.34. The highest BCUT2D eigenvalue weighted by molar-refractivity contribution is 5.31. The SMILES string of the molecule is CC(C)OCCCCCCCCCc1ccccc1O. The van der Waals surface area contributed by atoms with Crippen LogP contribution in [0.4, 0.5) is 0 Å². The molecule has 2 heteroatoms. The first-order valence-corrected chi connectivity index (χ1v) is 8.08. The van der Waals surface area contributed by atoms with Crippen LogP contribution in [0.3, 0.4) is 0 Å². The summed E-state index contributed by atoms with van der Waals surface area (Å²) in [6.45, 7) is 5.08. The summed E-state index contributed by atoms with van der Waals surface area (Å²) in [5, 5.41) is 9.66. The summed E-state index contributed by atoms with van der Waals surface area (Å²) in [6.07, 6.45) is 10.2. The molecule has 0 saturated carbocycles. The summed E-state index contributed by atoms with van der Waals surface area (Å²) >= 11 is 0. The fraction of sp³-hybridized carbons (Fsp3) is 0.667. The number of para-hydroxylation sites is 1. The van der Waals surface area contributed by atoms with E-state index in [0.717, 1.165) is 18.6 Å². The third kappa shape index (κ3) is 8.21. The molecule has 0 aliphatic carbocycles. The standard InChI is InChI=1S/C18H30O2/c1-16(2)20-15-11-7-5-3-4-6-8-12-17-13-9-10-14-18(17)19/h9-10,13-14,16,19H,3-8,11-12,15H2,1-2H3. The van der Waals surface area contributed by atoms with Crippen LogP contribution in [0.25, 0.3) is 0 Å². The van der Waals surface area contributed by atoms with Gasteiger partial charge in [0.05, 0.1) is 6.10 Å². The minimum absolute atomic E-state index is 0.365. The molecular formula is C18H30O2. The van der Waals surface area contributed by atoms with E-state index in [1.54, 1.807) is 6.07 Å². The molecule has 1 rings (SSSR count). The highest BCUT2D eigenvalue weighted by Gasteiger charge is 1.99. The zero-order valence-electron chi connectivity index (χ0n) is 13.1. The molecule has 2 nitrogen and oxygen atoms in total. The molecule has 1 aromatic rings. The maximum Gasteiger partial charge on any atom is 0.118 e. The second kappa shape index (κ2) is 10.7. The molecule has 0 aliphatic rings. The van der Waals surface area contributed by atoms with E-state index in [1.807, 2.05) is 18.2 Å². The van der Waals surface area contributed by atoms with Crippen LogP contribution in [-0.2, 0) is 11.2 Å². The predicted molar refractivity (Wildman–Crippen MR) is 85.2 cm³/mol. The lowest BCUT2D eigenvalue weighted by molar-refractivity contribution is 0.0757. The Balaban J connectivity index is 1.89. The third-order valence-corrected chi connectivity index (χ3v) is 3.53. The molecule has 0 atom stereocenters. The summed E-state index contributed by atoms with van der Waals surface area (Å²) in [6, 6.07) is 7.66. The van der Waals surface area contributed by atoms with Crippen LogP contribution in [0.15, 0.2) is 24.3 Å². The van der Waals surface area contributed by atoms with Crippen LogP contribution >= 0.6 is 0 Å². The van der Waals surface area contributed by atoms with Gasteiger partial charge in [0.15, 0.2) is 0 Å². The molecule has 20 heavy (non-hydrogen) atoms. The molecular weight excluding hydrogens is 248 g/mol. The van der Waals surface area contributed by atoms with Gasteiger partial charge in [-0.2, -0.15) is 0 Å². The zero-order chi connectivity index (χ0) is 14.6. The predicted octanol–water partition coefficient (Wildman–Crippen LogP) is 5.09. The van der Waals surface area contributed by atoms with E-state index in [4.69, 9.17) is 4.74 Å². The van der Waals surface area contributed by atoms with Crippen molar-refractivity contribution in [1.29, 1.82) is 0 Å². The number of aryl methyl sites for hydroxylation is 1. The quantitative estimate of drug-likeness (QED) is 0.571. The van der Waals surface area contributed by atoms with Crippen molar-refractivity contribution in [3.8, 4) is 5.75 Å². The van der Waals surface area contributed by atoms with Crippen LogP contribution in [0.2, 0.25) is 0 Å². The summed E-state index contributed by atoms with van der Waals surface area (Å²) < 4.78 is 5.52. The summed E-state index contributed by atoms with van der Waals surface area (Å²) in [5.41, 5.74) is 1.08. The number of benzene rings is 1. The topological polar surface area (TPSA) is 29.5 Å². The molecule has 0 aromatic heterocycles. The van der Waals surface area contributed by atoms with Crippen molar-refractivity contribution in [1.82, 2.24) is 0 Å². The van der Waals surface area contributed by atoms with Crippen LogP contribution in [-0.4, -0.2) is 17.8 Å². The molecule has 0 spiro atoms. The number of rotatable bonds is 11. The monoisotopic (exact) mass is 278 g/mol. The highest BCUT2D eigenvalue weighted by Crippen LogP contribution is 2.18. The van der Waals surface area contributed by atoms with Gasteiger partial charge in [0.25, 0.3) is 0 Å². The fourth-order valence-corrected chi connectivity index (χ4v) is 2.34. The molecule has 1 aromatic carbocycles. The van der Waals surface area contributed by atoms with Crippen molar-refractivity contribution in [3.63, 3.8) is 0 Å². The third-order valence-electron chi connectivity index (χ3n) is 3.53. The average molecular weight is 278 g/mol. The molecule has 0 heterocycles. The Labute approximate surface area is 124 Å². The van der Waals surface area contributed by atoms with Gasteiger partial charge in [-0.05, 0) is 44.7 Å². The second-order valence-electron chi connectivity index (χ2n) is 5.77. The molecule has 0 fully saturated rings. The molecule has 114 valence electrons. The van der Waals surface area contributed by atoms with Gasteiger partial charge in [-0.15, -0.1) is 0 Å². The zero-order valence-corrected chi connectivity index (χ0v) is 13.1. The Bertz CT molecular complexity index is 347. The minimum atomic E-state index is 0.365. The van der Waals surface area contributed by atoms with Crippen LogP contribution < -0.4 is 0 Å². The summed E-state index contributed by atoms with van der Waals surface area (Å²) in [7, 11) is 0. The van der Waals surface area contributed by atoms with E-state index >= 15 is 0 Å². The molecule has 0 aliphatic heterocycles.